The molecule has 1 aromatic heterocycles. The summed E-state index contributed by atoms with van der Waals surface area (Å²) >= 11 is 1.69. The quantitative estimate of drug-likeness (QED) is 0.871. The molecule has 2 fully saturated rings. The average Bonchev–Trinajstić information content (AvgIpc) is 2.89. The Hall–Kier alpha value is -1.40. The van der Waals surface area contributed by atoms with Crippen molar-refractivity contribution in [1.29, 1.82) is 0 Å². The van der Waals surface area contributed by atoms with Gasteiger partial charge < -0.3 is 15.2 Å². The first-order valence-corrected chi connectivity index (χ1v) is 8.04. The predicted octanol–water partition coefficient (Wildman–Crippen LogP) is 1.91. The highest BCUT2D eigenvalue weighted by atomic mass is 32.1. The zero-order chi connectivity index (χ0) is 15.0. The predicted molar refractivity (Wildman–Crippen MR) is 78.5 cm³/mol. The number of carbonyl (C=O) groups excluding carboxylic acids is 1. The van der Waals surface area contributed by atoms with Crippen LogP contribution in [0.4, 0.5) is 0 Å². The van der Waals surface area contributed by atoms with Gasteiger partial charge in [0, 0.05) is 23.3 Å². The summed E-state index contributed by atoms with van der Waals surface area (Å²) in [6, 6.07) is 2.07. The first-order valence-electron chi connectivity index (χ1n) is 7.16. The molecule has 114 valence electrons. The SMILES string of the molecule is Cc1ccsc1C1CC1C(=O)NC1(CC(=O)O)CCOC1. The van der Waals surface area contributed by atoms with Gasteiger partial charge >= 0.3 is 5.97 Å². The van der Waals surface area contributed by atoms with Crippen LogP contribution in [0.5, 0.6) is 0 Å². The number of aryl methyl sites for hydroxylation is 1. The van der Waals surface area contributed by atoms with Gasteiger partial charge in [-0.25, -0.2) is 0 Å². The van der Waals surface area contributed by atoms with Gasteiger partial charge in [-0.2, -0.15) is 0 Å². The van der Waals surface area contributed by atoms with Crippen molar-refractivity contribution < 1.29 is 19.4 Å². The van der Waals surface area contributed by atoms with E-state index < -0.39 is 11.5 Å². The number of hydrogen-bond acceptors (Lipinski definition) is 4. The summed E-state index contributed by atoms with van der Waals surface area (Å²) in [4.78, 5) is 24.7. The van der Waals surface area contributed by atoms with Crippen molar-refractivity contribution in [2.75, 3.05) is 13.2 Å². The third-order valence-electron chi connectivity index (χ3n) is 4.35. The average molecular weight is 309 g/mol. The Kier molecular flexibility index (Phi) is 3.75. The topological polar surface area (TPSA) is 75.6 Å². The standard InChI is InChI=1S/C15H19NO4S/c1-9-2-5-21-13(9)10-6-11(10)14(19)16-15(7-12(17)18)3-4-20-8-15/h2,5,10-11H,3-4,6-8H2,1H3,(H,16,19)(H,17,18). The fourth-order valence-corrected chi connectivity index (χ4v) is 4.18. The summed E-state index contributed by atoms with van der Waals surface area (Å²) in [5.74, 6) is -0.649. The molecule has 2 heterocycles. The van der Waals surface area contributed by atoms with Crippen molar-refractivity contribution in [3.8, 4) is 0 Å². The summed E-state index contributed by atoms with van der Waals surface area (Å²) in [7, 11) is 0. The van der Waals surface area contributed by atoms with Crippen LogP contribution in [0, 0.1) is 12.8 Å². The second kappa shape index (κ2) is 5.42. The lowest BCUT2D eigenvalue weighted by molar-refractivity contribution is -0.139. The number of nitrogens with one attached hydrogen (secondary N) is 1. The minimum atomic E-state index is -0.901. The number of thiophene rings is 1. The van der Waals surface area contributed by atoms with Crippen molar-refractivity contribution in [3.05, 3.63) is 21.9 Å². The van der Waals surface area contributed by atoms with Gasteiger partial charge in [-0.15, -0.1) is 11.3 Å². The molecule has 5 nitrogen and oxygen atoms in total. The molecule has 0 spiro atoms. The van der Waals surface area contributed by atoms with Gasteiger partial charge in [0.05, 0.1) is 18.6 Å². The van der Waals surface area contributed by atoms with Crippen molar-refractivity contribution in [1.82, 2.24) is 5.32 Å². The third kappa shape index (κ3) is 2.96. The van der Waals surface area contributed by atoms with Crippen molar-refractivity contribution in [3.63, 3.8) is 0 Å². The van der Waals surface area contributed by atoms with E-state index in [9.17, 15) is 9.59 Å². The van der Waals surface area contributed by atoms with Crippen LogP contribution in [-0.2, 0) is 14.3 Å². The Bertz CT molecular complexity index is 562. The first-order chi connectivity index (χ1) is 10.0. The number of aliphatic carboxylic acids is 1. The summed E-state index contributed by atoms with van der Waals surface area (Å²) in [5.41, 5.74) is 0.519. The van der Waals surface area contributed by atoms with Crippen molar-refractivity contribution in [2.45, 2.75) is 37.6 Å². The van der Waals surface area contributed by atoms with Gasteiger partial charge in [0.15, 0.2) is 0 Å². The molecule has 0 aromatic carbocycles. The number of amides is 1. The van der Waals surface area contributed by atoms with Crippen LogP contribution in [0.2, 0.25) is 0 Å². The molecular weight excluding hydrogens is 290 g/mol. The Labute approximate surface area is 127 Å². The number of rotatable bonds is 5. The Morgan fingerprint density at radius 2 is 2.38 bits per heavy atom. The van der Waals surface area contributed by atoms with E-state index in [1.54, 1.807) is 11.3 Å². The van der Waals surface area contributed by atoms with Crippen molar-refractivity contribution in [2.24, 2.45) is 5.92 Å². The van der Waals surface area contributed by atoms with Gasteiger partial charge in [-0.05, 0) is 36.8 Å². The van der Waals surface area contributed by atoms with Gasteiger partial charge in [0.25, 0.3) is 0 Å². The summed E-state index contributed by atoms with van der Waals surface area (Å²) in [6.45, 7) is 2.86. The van der Waals surface area contributed by atoms with E-state index in [4.69, 9.17) is 9.84 Å². The molecule has 0 radical (unpaired) electrons. The normalized spacial score (nSPS) is 31.1. The van der Waals surface area contributed by atoms with Crippen LogP contribution in [0.3, 0.4) is 0 Å². The Morgan fingerprint density at radius 1 is 1.57 bits per heavy atom. The van der Waals surface area contributed by atoms with Gasteiger partial charge in [0.1, 0.15) is 0 Å². The molecule has 3 unspecified atom stereocenters. The number of carboxylic acid groups (broad SMARTS) is 1. The minimum Gasteiger partial charge on any atom is -0.481 e. The highest BCUT2D eigenvalue weighted by Gasteiger charge is 2.48. The molecule has 21 heavy (non-hydrogen) atoms. The van der Waals surface area contributed by atoms with Crippen LogP contribution in [0.15, 0.2) is 11.4 Å². The lowest BCUT2D eigenvalue weighted by Gasteiger charge is -2.27. The molecule has 1 aliphatic carbocycles. The van der Waals surface area contributed by atoms with Crippen LogP contribution in [-0.4, -0.2) is 35.7 Å². The molecule has 3 atom stereocenters. The highest BCUT2D eigenvalue weighted by Crippen LogP contribution is 2.50. The highest BCUT2D eigenvalue weighted by molar-refractivity contribution is 7.10. The maximum Gasteiger partial charge on any atom is 0.305 e. The van der Waals surface area contributed by atoms with Crippen molar-refractivity contribution >= 4 is 23.2 Å². The number of ether oxygens (including phenoxy) is 1. The smallest absolute Gasteiger partial charge is 0.305 e. The van der Waals surface area contributed by atoms with E-state index in [0.29, 0.717) is 25.6 Å². The Balaban J connectivity index is 1.64. The van der Waals surface area contributed by atoms with Gasteiger partial charge in [-0.3, -0.25) is 9.59 Å². The third-order valence-corrected chi connectivity index (χ3v) is 5.50. The Morgan fingerprint density at radius 3 is 2.95 bits per heavy atom. The lowest BCUT2D eigenvalue weighted by Crippen LogP contribution is -2.51. The molecule has 2 N–H and O–H groups in total. The van der Waals surface area contributed by atoms with Gasteiger partial charge in [0.2, 0.25) is 5.91 Å². The van der Waals surface area contributed by atoms with Gasteiger partial charge in [-0.1, -0.05) is 0 Å². The number of carbonyl (C=O) groups is 2. The van der Waals surface area contributed by atoms with E-state index in [1.165, 1.54) is 10.4 Å². The lowest BCUT2D eigenvalue weighted by atomic mass is 9.94. The molecular formula is C15H19NO4S. The monoisotopic (exact) mass is 309 g/mol. The fourth-order valence-electron chi connectivity index (χ4n) is 3.07. The fraction of sp³-hybridized carbons (Fsp3) is 0.600. The van der Waals surface area contributed by atoms with Crippen LogP contribution in [0.1, 0.15) is 35.6 Å². The minimum absolute atomic E-state index is 0.0198. The molecule has 1 saturated carbocycles. The zero-order valence-corrected chi connectivity index (χ0v) is 12.7. The maximum absolute atomic E-state index is 12.4. The largest absolute Gasteiger partial charge is 0.481 e. The van der Waals surface area contributed by atoms with E-state index in [0.717, 1.165) is 6.42 Å². The van der Waals surface area contributed by atoms with Crippen LogP contribution >= 0.6 is 11.3 Å². The van der Waals surface area contributed by atoms with E-state index in [1.807, 2.05) is 0 Å². The van der Waals surface area contributed by atoms with E-state index in [2.05, 4.69) is 23.7 Å². The zero-order valence-electron chi connectivity index (χ0n) is 11.9. The molecule has 1 amide bonds. The summed E-state index contributed by atoms with van der Waals surface area (Å²) in [6.07, 6.45) is 1.35. The molecule has 1 saturated heterocycles. The molecule has 3 rings (SSSR count). The summed E-state index contributed by atoms with van der Waals surface area (Å²) < 4.78 is 5.30. The molecule has 0 bridgehead atoms. The summed E-state index contributed by atoms with van der Waals surface area (Å²) in [5, 5.41) is 14.0. The molecule has 6 heteroatoms. The maximum atomic E-state index is 12.4. The first kappa shape index (κ1) is 14.5. The van der Waals surface area contributed by atoms with E-state index >= 15 is 0 Å². The number of hydrogen-bond donors (Lipinski definition) is 2. The number of carboxylic acids is 1. The molecule has 1 aromatic rings. The second-order valence-electron chi connectivity index (χ2n) is 6.06. The van der Waals surface area contributed by atoms with Crippen LogP contribution in [0.25, 0.3) is 0 Å². The second-order valence-corrected chi connectivity index (χ2v) is 7.01. The van der Waals surface area contributed by atoms with Crippen LogP contribution < -0.4 is 5.32 Å². The van der Waals surface area contributed by atoms with E-state index in [-0.39, 0.29) is 18.2 Å². The molecule has 2 aliphatic rings. The molecule has 1 aliphatic heterocycles.